The van der Waals surface area contributed by atoms with Gasteiger partial charge < -0.3 is 4.74 Å². The number of ether oxygens (including phenoxy) is 1. The van der Waals surface area contributed by atoms with Crippen LogP contribution in [0.4, 0.5) is 0 Å². The van der Waals surface area contributed by atoms with Crippen molar-refractivity contribution in [2.45, 2.75) is 19.8 Å². The molecule has 0 heterocycles. The van der Waals surface area contributed by atoms with Crippen LogP contribution in [0.5, 0.6) is 0 Å². The summed E-state index contributed by atoms with van der Waals surface area (Å²) in [6.07, 6.45) is 2.18. The summed E-state index contributed by atoms with van der Waals surface area (Å²) >= 11 is 0. The van der Waals surface area contributed by atoms with Crippen molar-refractivity contribution in [1.29, 1.82) is 5.26 Å². The highest BCUT2D eigenvalue weighted by molar-refractivity contribution is 5.93. The Morgan fingerprint density at radius 3 is 2.50 bits per heavy atom. The van der Waals surface area contributed by atoms with Gasteiger partial charge in [-0.2, -0.15) is 5.26 Å². The molecule has 0 bridgehead atoms. The van der Waals surface area contributed by atoms with Crippen LogP contribution in [0.15, 0.2) is 11.1 Å². The Labute approximate surface area is 71.6 Å². The standard InChI is InChI=1S/C9H11NO2/c1-6(7-3-4-7)8(5-10)9(11)12-2/h7H,3-4H2,1-2H3/b8-6+. The molecule has 1 rings (SSSR count). The normalized spacial score (nSPS) is 17.8. The lowest BCUT2D eigenvalue weighted by molar-refractivity contribution is -0.135. The molecule has 0 spiro atoms. The van der Waals surface area contributed by atoms with Crippen molar-refractivity contribution >= 4 is 5.97 Å². The summed E-state index contributed by atoms with van der Waals surface area (Å²) in [5.41, 5.74) is 1.06. The van der Waals surface area contributed by atoms with Crippen molar-refractivity contribution in [1.82, 2.24) is 0 Å². The van der Waals surface area contributed by atoms with Gasteiger partial charge in [-0.25, -0.2) is 4.79 Å². The minimum Gasteiger partial charge on any atom is -0.465 e. The first-order valence-electron chi connectivity index (χ1n) is 3.90. The van der Waals surface area contributed by atoms with Gasteiger partial charge in [0.2, 0.25) is 0 Å². The predicted octanol–water partition coefficient (Wildman–Crippen LogP) is 1.41. The van der Waals surface area contributed by atoms with Crippen molar-refractivity contribution in [2.75, 3.05) is 7.11 Å². The van der Waals surface area contributed by atoms with Gasteiger partial charge in [0.05, 0.1) is 7.11 Å². The van der Waals surface area contributed by atoms with Gasteiger partial charge in [0.15, 0.2) is 0 Å². The van der Waals surface area contributed by atoms with E-state index >= 15 is 0 Å². The minimum atomic E-state index is -0.512. The van der Waals surface area contributed by atoms with Crippen LogP contribution in [0.25, 0.3) is 0 Å². The molecule has 1 aliphatic carbocycles. The molecule has 0 amide bonds. The summed E-state index contributed by atoms with van der Waals surface area (Å²) in [6.45, 7) is 1.83. The second kappa shape index (κ2) is 3.40. The summed E-state index contributed by atoms with van der Waals surface area (Å²) in [6, 6.07) is 1.88. The van der Waals surface area contributed by atoms with Gasteiger partial charge in [-0.1, -0.05) is 0 Å². The number of esters is 1. The van der Waals surface area contributed by atoms with Gasteiger partial charge >= 0.3 is 5.97 Å². The van der Waals surface area contributed by atoms with Crippen molar-refractivity contribution in [3.05, 3.63) is 11.1 Å². The third-order valence-electron chi connectivity index (χ3n) is 2.09. The molecule has 12 heavy (non-hydrogen) atoms. The lowest BCUT2D eigenvalue weighted by atomic mass is 10.1. The first kappa shape index (κ1) is 8.79. The smallest absolute Gasteiger partial charge is 0.348 e. The molecule has 0 aliphatic heterocycles. The SMILES string of the molecule is COC(=O)/C(C#N)=C(\C)C1CC1. The molecule has 1 fully saturated rings. The van der Waals surface area contributed by atoms with Crippen LogP contribution < -0.4 is 0 Å². The number of rotatable bonds is 2. The summed E-state index contributed by atoms with van der Waals surface area (Å²) in [7, 11) is 1.29. The Hall–Kier alpha value is -1.30. The largest absolute Gasteiger partial charge is 0.465 e. The minimum absolute atomic E-state index is 0.181. The average Bonchev–Trinajstić information content (AvgIpc) is 2.87. The Morgan fingerprint density at radius 1 is 1.58 bits per heavy atom. The van der Waals surface area contributed by atoms with E-state index < -0.39 is 5.97 Å². The van der Waals surface area contributed by atoms with E-state index in [9.17, 15) is 4.79 Å². The third-order valence-corrected chi connectivity index (χ3v) is 2.09. The van der Waals surface area contributed by atoms with E-state index in [1.165, 1.54) is 7.11 Å². The van der Waals surface area contributed by atoms with E-state index in [1.54, 1.807) is 0 Å². The maximum atomic E-state index is 11.0. The van der Waals surface area contributed by atoms with E-state index in [0.29, 0.717) is 5.92 Å². The van der Waals surface area contributed by atoms with Gasteiger partial charge in [-0.15, -0.1) is 0 Å². The zero-order valence-electron chi connectivity index (χ0n) is 7.26. The molecule has 0 aromatic carbocycles. The number of nitriles is 1. The second-order valence-corrected chi connectivity index (χ2v) is 2.94. The number of hydrogen-bond acceptors (Lipinski definition) is 3. The highest BCUT2D eigenvalue weighted by atomic mass is 16.5. The zero-order chi connectivity index (χ0) is 9.14. The van der Waals surface area contributed by atoms with Crippen LogP contribution >= 0.6 is 0 Å². The average molecular weight is 165 g/mol. The number of carbonyl (C=O) groups excluding carboxylic acids is 1. The summed E-state index contributed by atoms with van der Waals surface area (Å²) < 4.78 is 4.48. The van der Waals surface area contributed by atoms with Crippen molar-refractivity contribution in [2.24, 2.45) is 5.92 Å². The van der Waals surface area contributed by atoms with Crippen LogP contribution in [0, 0.1) is 17.2 Å². The van der Waals surface area contributed by atoms with E-state index in [2.05, 4.69) is 4.74 Å². The fourth-order valence-corrected chi connectivity index (χ4v) is 1.12. The Morgan fingerprint density at radius 2 is 2.17 bits per heavy atom. The summed E-state index contributed by atoms with van der Waals surface area (Å²) in [5, 5.41) is 8.67. The van der Waals surface area contributed by atoms with E-state index in [4.69, 9.17) is 5.26 Å². The molecule has 1 saturated carbocycles. The fourth-order valence-electron chi connectivity index (χ4n) is 1.12. The quantitative estimate of drug-likeness (QED) is 0.353. The van der Waals surface area contributed by atoms with Crippen molar-refractivity contribution < 1.29 is 9.53 Å². The summed E-state index contributed by atoms with van der Waals surface area (Å²) in [4.78, 5) is 11.0. The molecule has 0 saturated heterocycles. The maximum Gasteiger partial charge on any atom is 0.348 e. The molecule has 0 atom stereocenters. The Kier molecular flexibility index (Phi) is 2.49. The lowest BCUT2D eigenvalue weighted by Gasteiger charge is -2.00. The molecule has 0 aromatic rings. The number of methoxy groups -OCH3 is 1. The van der Waals surface area contributed by atoms with Gasteiger partial charge in [0.25, 0.3) is 0 Å². The first-order valence-corrected chi connectivity index (χ1v) is 3.90. The Balaban J connectivity index is 2.85. The molecule has 0 radical (unpaired) electrons. The van der Waals surface area contributed by atoms with Crippen molar-refractivity contribution in [3.8, 4) is 6.07 Å². The van der Waals surface area contributed by atoms with Gasteiger partial charge in [0.1, 0.15) is 11.6 Å². The van der Waals surface area contributed by atoms with Crippen molar-refractivity contribution in [3.63, 3.8) is 0 Å². The van der Waals surface area contributed by atoms with E-state index in [0.717, 1.165) is 18.4 Å². The van der Waals surface area contributed by atoms with Gasteiger partial charge in [-0.05, 0) is 31.3 Å². The summed E-state index contributed by atoms with van der Waals surface area (Å²) in [5.74, 6) is -0.0688. The zero-order valence-corrected chi connectivity index (χ0v) is 7.26. The fraction of sp³-hybridized carbons (Fsp3) is 0.556. The molecule has 3 heteroatoms. The number of hydrogen-bond donors (Lipinski definition) is 0. The van der Waals surface area contributed by atoms with E-state index in [1.807, 2.05) is 13.0 Å². The molecule has 1 aliphatic rings. The molecular formula is C9H11NO2. The van der Waals surface area contributed by atoms with Gasteiger partial charge in [0, 0.05) is 0 Å². The topological polar surface area (TPSA) is 50.1 Å². The van der Waals surface area contributed by atoms with Crippen LogP contribution in [-0.2, 0) is 9.53 Å². The molecule has 0 unspecified atom stereocenters. The highest BCUT2D eigenvalue weighted by Crippen LogP contribution is 2.37. The molecular weight excluding hydrogens is 154 g/mol. The molecule has 3 nitrogen and oxygen atoms in total. The molecule has 64 valence electrons. The molecule has 0 aromatic heterocycles. The second-order valence-electron chi connectivity index (χ2n) is 2.94. The molecule has 0 N–H and O–H groups in total. The van der Waals surface area contributed by atoms with Crippen LogP contribution in [0.3, 0.4) is 0 Å². The van der Waals surface area contributed by atoms with Crippen LogP contribution in [-0.4, -0.2) is 13.1 Å². The number of allylic oxidation sites excluding steroid dienone is 1. The Bertz CT molecular complexity index is 269. The lowest BCUT2D eigenvalue weighted by Crippen LogP contribution is -2.06. The maximum absolute atomic E-state index is 11.0. The highest BCUT2D eigenvalue weighted by Gasteiger charge is 2.27. The van der Waals surface area contributed by atoms with Gasteiger partial charge in [-0.3, -0.25) is 0 Å². The number of carbonyl (C=O) groups is 1. The first-order chi connectivity index (χ1) is 5.70. The monoisotopic (exact) mass is 165 g/mol. The number of nitrogens with zero attached hydrogens (tertiary/aromatic N) is 1. The van der Waals surface area contributed by atoms with Crippen LogP contribution in [0.1, 0.15) is 19.8 Å². The van der Waals surface area contributed by atoms with Crippen LogP contribution in [0.2, 0.25) is 0 Å². The van der Waals surface area contributed by atoms with E-state index in [-0.39, 0.29) is 5.57 Å². The third kappa shape index (κ3) is 1.65. The predicted molar refractivity (Wildman–Crippen MR) is 43.1 cm³/mol.